The van der Waals surface area contributed by atoms with Crippen LogP contribution >= 0.6 is 11.8 Å². The lowest BCUT2D eigenvalue weighted by Crippen LogP contribution is -2.39. The van der Waals surface area contributed by atoms with Crippen molar-refractivity contribution in [2.45, 2.75) is 25.2 Å². The van der Waals surface area contributed by atoms with Crippen LogP contribution in [-0.2, 0) is 4.79 Å². The van der Waals surface area contributed by atoms with Gasteiger partial charge in [0.1, 0.15) is 5.52 Å². The molecule has 4 heterocycles. The van der Waals surface area contributed by atoms with E-state index in [1.165, 1.54) is 0 Å². The van der Waals surface area contributed by atoms with Crippen molar-refractivity contribution < 1.29 is 9.21 Å². The molecule has 134 valence electrons. The fourth-order valence-corrected chi connectivity index (χ4v) is 4.78. The Balaban J connectivity index is 1.20. The Morgan fingerprint density at radius 3 is 2.92 bits per heavy atom. The molecule has 0 atom stereocenters. The first-order valence-electron chi connectivity index (χ1n) is 9.09. The summed E-state index contributed by atoms with van der Waals surface area (Å²) in [5.74, 6) is 1.32. The van der Waals surface area contributed by atoms with Gasteiger partial charge in [-0.25, -0.2) is 4.98 Å². The van der Waals surface area contributed by atoms with E-state index < -0.39 is 0 Å². The number of benzene rings is 1. The van der Waals surface area contributed by atoms with E-state index in [0.29, 0.717) is 12.3 Å². The topological polar surface area (TPSA) is 61.9 Å². The Bertz CT molecular complexity index is 878. The predicted octanol–water partition coefficient (Wildman–Crippen LogP) is 3.18. The number of carbonyl (C=O) groups is 1. The van der Waals surface area contributed by atoms with E-state index in [9.17, 15) is 4.79 Å². The smallest absolute Gasteiger partial charge is 0.228 e. The molecule has 0 bridgehead atoms. The molecule has 7 heteroatoms. The molecule has 1 aromatic carbocycles. The molecule has 3 aliphatic rings. The largest absolute Gasteiger partial charge is 0.440 e. The lowest BCUT2D eigenvalue weighted by atomic mass is 9.96. The third-order valence-electron chi connectivity index (χ3n) is 5.29. The highest BCUT2D eigenvalue weighted by Crippen LogP contribution is 2.33. The molecule has 5 rings (SSSR count). The number of rotatable bonds is 3. The standard InChI is InChI=1S/C19H20N4O2S/c24-17(11-14-12-26-19-20-7-10-23(14)19)22-8-5-13(6-9-22)18-21-15-3-1-2-4-16(15)25-18/h1-4,12-13H,5-11H2. The summed E-state index contributed by atoms with van der Waals surface area (Å²) in [6.07, 6.45) is 2.28. The lowest BCUT2D eigenvalue weighted by molar-refractivity contribution is -0.131. The lowest BCUT2D eigenvalue weighted by Gasteiger charge is -2.31. The monoisotopic (exact) mass is 368 g/mol. The molecular weight excluding hydrogens is 348 g/mol. The molecule has 26 heavy (non-hydrogen) atoms. The van der Waals surface area contributed by atoms with Crippen molar-refractivity contribution in [2.24, 2.45) is 4.99 Å². The molecule has 2 aromatic rings. The number of para-hydroxylation sites is 2. The molecule has 0 N–H and O–H groups in total. The van der Waals surface area contributed by atoms with E-state index in [1.54, 1.807) is 11.8 Å². The van der Waals surface area contributed by atoms with Crippen molar-refractivity contribution in [3.05, 3.63) is 41.3 Å². The molecule has 0 radical (unpaired) electrons. The number of fused-ring (bicyclic) bond motifs is 2. The van der Waals surface area contributed by atoms with Crippen molar-refractivity contribution in [1.29, 1.82) is 0 Å². The van der Waals surface area contributed by atoms with Crippen LogP contribution in [0.2, 0.25) is 0 Å². The fourth-order valence-electron chi connectivity index (χ4n) is 3.82. The van der Waals surface area contributed by atoms with Gasteiger partial charge in [-0.3, -0.25) is 9.79 Å². The minimum absolute atomic E-state index is 0.209. The Hall–Kier alpha value is -2.28. The maximum absolute atomic E-state index is 12.7. The molecule has 0 saturated carbocycles. The number of hydrogen-bond acceptors (Lipinski definition) is 6. The van der Waals surface area contributed by atoms with Crippen LogP contribution in [0.1, 0.15) is 31.1 Å². The van der Waals surface area contributed by atoms with Gasteiger partial charge >= 0.3 is 0 Å². The first-order chi connectivity index (χ1) is 12.8. The van der Waals surface area contributed by atoms with Crippen LogP contribution in [0.3, 0.4) is 0 Å². The summed E-state index contributed by atoms with van der Waals surface area (Å²) in [6.45, 7) is 3.28. The van der Waals surface area contributed by atoms with Crippen LogP contribution in [-0.4, -0.2) is 52.0 Å². The Kier molecular flexibility index (Phi) is 3.96. The van der Waals surface area contributed by atoms with Crippen LogP contribution in [0.25, 0.3) is 11.1 Å². The number of oxazole rings is 1. The molecular formula is C19H20N4O2S. The maximum atomic E-state index is 12.7. The second-order valence-electron chi connectivity index (χ2n) is 6.89. The van der Waals surface area contributed by atoms with Crippen molar-refractivity contribution in [3.8, 4) is 0 Å². The summed E-state index contributed by atoms with van der Waals surface area (Å²) in [5.41, 5.74) is 2.85. The molecule has 3 aliphatic heterocycles. The van der Waals surface area contributed by atoms with Crippen LogP contribution in [0, 0.1) is 0 Å². The van der Waals surface area contributed by atoms with Crippen LogP contribution < -0.4 is 0 Å². The Labute approximate surface area is 155 Å². The van der Waals surface area contributed by atoms with E-state index in [2.05, 4.69) is 20.3 Å². The van der Waals surface area contributed by atoms with Crippen LogP contribution in [0.15, 0.2) is 44.8 Å². The Morgan fingerprint density at radius 1 is 1.23 bits per heavy atom. The zero-order valence-electron chi connectivity index (χ0n) is 14.4. The van der Waals surface area contributed by atoms with Gasteiger partial charge < -0.3 is 14.2 Å². The molecule has 0 unspecified atom stereocenters. The van der Waals surface area contributed by atoms with Crippen molar-refractivity contribution in [3.63, 3.8) is 0 Å². The van der Waals surface area contributed by atoms with Gasteiger partial charge in [0.2, 0.25) is 5.91 Å². The summed E-state index contributed by atoms with van der Waals surface area (Å²) in [6, 6.07) is 7.87. The zero-order valence-corrected chi connectivity index (χ0v) is 15.2. The van der Waals surface area contributed by atoms with E-state index >= 15 is 0 Å². The average Bonchev–Trinajstić information content (AvgIpc) is 3.38. The summed E-state index contributed by atoms with van der Waals surface area (Å²) in [5, 5.41) is 3.11. The molecule has 0 aliphatic carbocycles. The minimum atomic E-state index is 0.209. The van der Waals surface area contributed by atoms with Crippen molar-refractivity contribution >= 4 is 33.9 Å². The third kappa shape index (κ3) is 2.80. The molecule has 1 saturated heterocycles. The number of piperidine rings is 1. The predicted molar refractivity (Wildman–Crippen MR) is 102 cm³/mol. The van der Waals surface area contributed by atoms with Gasteiger partial charge in [-0.15, -0.1) is 0 Å². The van der Waals surface area contributed by atoms with Gasteiger partial charge in [0.05, 0.1) is 13.0 Å². The van der Waals surface area contributed by atoms with E-state index in [1.807, 2.05) is 29.2 Å². The van der Waals surface area contributed by atoms with Gasteiger partial charge in [-0.1, -0.05) is 23.9 Å². The van der Waals surface area contributed by atoms with Crippen LogP contribution in [0.4, 0.5) is 0 Å². The summed E-state index contributed by atoms with van der Waals surface area (Å²) < 4.78 is 5.91. The van der Waals surface area contributed by atoms with Gasteiger partial charge in [-0.2, -0.15) is 0 Å². The number of thioether (sulfide) groups is 1. The quantitative estimate of drug-likeness (QED) is 0.833. The number of amidine groups is 1. The normalized spacial score (nSPS) is 20.5. The van der Waals surface area contributed by atoms with Gasteiger partial charge in [-0.05, 0) is 30.4 Å². The van der Waals surface area contributed by atoms with Gasteiger partial charge in [0.25, 0.3) is 0 Å². The van der Waals surface area contributed by atoms with Crippen LogP contribution in [0.5, 0.6) is 0 Å². The minimum Gasteiger partial charge on any atom is -0.440 e. The number of aromatic nitrogens is 1. The second-order valence-corrected chi connectivity index (χ2v) is 7.73. The average molecular weight is 368 g/mol. The molecule has 1 aromatic heterocycles. The Morgan fingerprint density at radius 2 is 2.08 bits per heavy atom. The highest BCUT2D eigenvalue weighted by Gasteiger charge is 2.31. The number of aliphatic imine (C=N–C) groups is 1. The number of carbonyl (C=O) groups excluding carboxylic acids is 1. The first kappa shape index (κ1) is 15.9. The summed E-state index contributed by atoms with van der Waals surface area (Å²) >= 11 is 1.63. The van der Waals surface area contributed by atoms with E-state index in [4.69, 9.17) is 4.42 Å². The number of nitrogens with zero attached hydrogens (tertiary/aromatic N) is 4. The van der Waals surface area contributed by atoms with E-state index in [-0.39, 0.29) is 5.91 Å². The second kappa shape index (κ2) is 6.46. The molecule has 1 amide bonds. The maximum Gasteiger partial charge on any atom is 0.228 e. The molecule has 1 fully saturated rings. The van der Waals surface area contributed by atoms with Gasteiger partial charge in [0, 0.05) is 31.2 Å². The third-order valence-corrected chi connectivity index (χ3v) is 6.24. The number of hydrogen-bond donors (Lipinski definition) is 0. The van der Waals surface area contributed by atoms with E-state index in [0.717, 1.165) is 66.9 Å². The molecule has 6 nitrogen and oxygen atoms in total. The SMILES string of the molecule is O=C(CC1=CSC2=NCCN12)N1CCC(c2nc3ccccc3o2)CC1. The summed E-state index contributed by atoms with van der Waals surface area (Å²) in [7, 11) is 0. The highest BCUT2D eigenvalue weighted by atomic mass is 32.2. The number of amides is 1. The molecule has 0 spiro atoms. The number of likely N-dealkylation sites (tertiary alicyclic amines) is 1. The van der Waals surface area contributed by atoms with Crippen molar-refractivity contribution in [2.75, 3.05) is 26.2 Å². The summed E-state index contributed by atoms with van der Waals surface area (Å²) in [4.78, 5) is 25.9. The highest BCUT2D eigenvalue weighted by molar-refractivity contribution is 8.16. The zero-order chi connectivity index (χ0) is 17.5. The first-order valence-corrected chi connectivity index (χ1v) is 9.97. The van der Waals surface area contributed by atoms with Crippen molar-refractivity contribution in [1.82, 2.24) is 14.8 Å². The fraction of sp³-hybridized carbons (Fsp3) is 0.421. The van der Waals surface area contributed by atoms with Gasteiger partial charge in [0.15, 0.2) is 16.6 Å².